The van der Waals surface area contributed by atoms with Gasteiger partial charge >= 0.3 is 0 Å². The second kappa shape index (κ2) is 5.77. The Morgan fingerprint density at radius 3 is 2.50 bits per heavy atom. The molecule has 1 heterocycles. The van der Waals surface area contributed by atoms with Gasteiger partial charge in [-0.3, -0.25) is 14.5 Å². The van der Waals surface area contributed by atoms with Gasteiger partial charge in [0.2, 0.25) is 0 Å². The van der Waals surface area contributed by atoms with E-state index in [-0.39, 0.29) is 16.9 Å². The van der Waals surface area contributed by atoms with Crippen molar-refractivity contribution in [2.45, 2.75) is 77.7 Å². The molecule has 142 valence electrons. The molecule has 3 nitrogen and oxygen atoms in total. The van der Waals surface area contributed by atoms with Gasteiger partial charge in [-0.05, 0) is 93.7 Å². The van der Waals surface area contributed by atoms with Crippen LogP contribution in [0.25, 0.3) is 0 Å². The number of fused-ring (bicyclic) bond motifs is 5. The van der Waals surface area contributed by atoms with Crippen LogP contribution in [0.4, 0.5) is 0 Å². The molecule has 0 N–H and O–H groups in total. The minimum absolute atomic E-state index is 0.0868. The fourth-order valence-corrected chi connectivity index (χ4v) is 7.72. The van der Waals surface area contributed by atoms with E-state index in [2.05, 4.69) is 18.7 Å². The number of hydrogen-bond donors (Lipinski definition) is 0. The Kier molecular flexibility index (Phi) is 3.81. The van der Waals surface area contributed by atoms with Crippen LogP contribution in [-0.4, -0.2) is 35.6 Å². The van der Waals surface area contributed by atoms with E-state index < -0.39 is 0 Å². The van der Waals surface area contributed by atoms with Gasteiger partial charge in [0.1, 0.15) is 0 Å². The first-order chi connectivity index (χ1) is 12.4. The van der Waals surface area contributed by atoms with Gasteiger partial charge in [-0.1, -0.05) is 19.4 Å². The molecule has 26 heavy (non-hydrogen) atoms. The molecule has 0 bridgehead atoms. The molecular formula is C23H33NO2. The number of ketones is 2. The molecule has 1 aliphatic heterocycles. The summed E-state index contributed by atoms with van der Waals surface area (Å²) in [6.07, 6.45) is 11.9. The molecule has 1 saturated heterocycles. The summed E-state index contributed by atoms with van der Waals surface area (Å²) in [6, 6.07) is 0.198. The molecule has 3 saturated carbocycles. The summed E-state index contributed by atoms with van der Waals surface area (Å²) in [5.74, 6) is 2.82. The van der Waals surface area contributed by atoms with Crippen LogP contribution in [-0.2, 0) is 9.59 Å². The Balaban J connectivity index is 1.46. The lowest BCUT2D eigenvalue weighted by atomic mass is 9.47. The summed E-state index contributed by atoms with van der Waals surface area (Å²) in [6.45, 7) is 6.98. The van der Waals surface area contributed by atoms with Crippen molar-refractivity contribution in [3.05, 3.63) is 11.6 Å². The van der Waals surface area contributed by atoms with Crippen molar-refractivity contribution >= 4 is 11.6 Å². The third-order valence-corrected chi connectivity index (χ3v) is 9.28. The fraction of sp³-hybridized carbons (Fsp3) is 0.826. The Hall–Kier alpha value is -0.960. The minimum atomic E-state index is -0.0868. The van der Waals surface area contributed by atoms with E-state index in [1.54, 1.807) is 0 Å². The molecule has 5 rings (SSSR count). The zero-order valence-electron chi connectivity index (χ0n) is 16.4. The number of Topliss-reactive ketones (excluding diaryl/α,β-unsaturated/α-hetero) is 1. The highest BCUT2D eigenvalue weighted by molar-refractivity contribution is 5.93. The number of carbonyl (C=O) groups is 2. The number of hydrogen-bond acceptors (Lipinski definition) is 3. The van der Waals surface area contributed by atoms with Crippen molar-refractivity contribution in [2.75, 3.05) is 13.1 Å². The van der Waals surface area contributed by atoms with E-state index >= 15 is 0 Å². The fourth-order valence-electron chi connectivity index (χ4n) is 7.72. The van der Waals surface area contributed by atoms with Gasteiger partial charge in [-0.15, -0.1) is 0 Å². The van der Waals surface area contributed by atoms with Gasteiger partial charge in [0, 0.05) is 11.8 Å². The normalized spacial score (nSPS) is 48.8. The standard InChI is InChI=1S/C23H33NO2/c1-22-9-7-16(25)13-15(22)5-6-17-18(22)8-10-23(2)19(17)14-20(21(23)26)24-11-3-4-12-24/h13,17-20H,3-12,14H2,1-2H3/t17-,18+,19+,20+,22+,23+/m1/s1. The number of allylic oxidation sites excluding steroid dienone is 1. The van der Waals surface area contributed by atoms with Gasteiger partial charge in [0.15, 0.2) is 11.6 Å². The molecule has 0 amide bonds. The predicted octanol–water partition coefficient (Wildman–Crippen LogP) is 4.16. The average molecular weight is 356 g/mol. The molecule has 6 atom stereocenters. The van der Waals surface area contributed by atoms with E-state index in [4.69, 9.17) is 0 Å². The lowest BCUT2D eigenvalue weighted by Crippen LogP contribution is -2.50. The maximum Gasteiger partial charge on any atom is 0.156 e. The van der Waals surface area contributed by atoms with Crippen molar-refractivity contribution in [3.63, 3.8) is 0 Å². The van der Waals surface area contributed by atoms with Crippen molar-refractivity contribution in [2.24, 2.45) is 28.6 Å². The van der Waals surface area contributed by atoms with E-state index in [0.29, 0.717) is 29.3 Å². The highest BCUT2D eigenvalue weighted by atomic mass is 16.1. The van der Waals surface area contributed by atoms with Gasteiger partial charge < -0.3 is 0 Å². The third-order valence-electron chi connectivity index (χ3n) is 9.28. The van der Waals surface area contributed by atoms with Crippen LogP contribution in [0, 0.1) is 28.6 Å². The molecule has 5 aliphatic rings. The number of likely N-dealkylation sites (tertiary alicyclic amines) is 1. The molecule has 4 aliphatic carbocycles. The Morgan fingerprint density at radius 2 is 1.73 bits per heavy atom. The van der Waals surface area contributed by atoms with E-state index in [9.17, 15) is 9.59 Å². The molecule has 0 unspecified atom stereocenters. The lowest BCUT2D eigenvalue weighted by Gasteiger charge is -2.56. The Morgan fingerprint density at radius 1 is 0.962 bits per heavy atom. The second-order valence-electron chi connectivity index (χ2n) is 10.3. The zero-order valence-corrected chi connectivity index (χ0v) is 16.4. The summed E-state index contributed by atoms with van der Waals surface area (Å²) < 4.78 is 0. The first kappa shape index (κ1) is 17.2. The van der Waals surface area contributed by atoms with Gasteiger partial charge in [0.05, 0.1) is 6.04 Å². The van der Waals surface area contributed by atoms with Crippen molar-refractivity contribution in [1.29, 1.82) is 0 Å². The zero-order chi connectivity index (χ0) is 18.1. The molecule has 0 aromatic heterocycles. The minimum Gasteiger partial charge on any atom is -0.297 e. The molecule has 0 aromatic rings. The van der Waals surface area contributed by atoms with Crippen molar-refractivity contribution in [1.82, 2.24) is 4.90 Å². The average Bonchev–Trinajstić information content (AvgIpc) is 3.23. The lowest BCUT2D eigenvalue weighted by molar-refractivity contribution is -0.135. The van der Waals surface area contributed by atoms with E-state index in [1.165, 1.54) is 31.3 Å². The topological polar surface area (TPSA) is 37.4 Å². The van der Waals surface area contributed by atoms with Crippen LogP contribution in [0.5, 0.6) is 0 Å². The Labute approximate surface area is 157 Å². The van der Waals surface area contributed by atoms with E-state index in [0.717, 1.165) is 45.2 Å². The smallest absolute Gasteiger partial charge is 0.156 e. The summed E-state index contributed by atoms with van der Waals surface area (Å²) in [5, 5.41) is 0. The molecule has 0 spiro atoms. The summed E-state index contributed by atoms with van der Waals surface area (Å²) in [4.78, 5) is 27.9. The second-order valence-corrected chi connectivity index (χ2v) is 10.3. The summed E-state index contributed by atoms with van der Waals surface area (Å²) in [5.41, 5.74) is 1.56. The van der Waals surface area contributed by atoms with Gasteiger partial charge in [-0.25, -0.2) is 0 Å². The van der Waals surface area contributed by atoms with Crippen LogP contribution in [0.15, 0.2) is 11.6 Å². The maximum atomic E-state index is 13.4. The quantitative estimate of drug-likeness (QED) is 0.709. The first-order valence-corrected chi connectivity index (χ1v) is 11.0. The van der Waals surface area contributed by atoms with Crippen LogP contribution < -0.4 is 0 Å². The Bertz CT molecular complexity index is 676. The third kappa shape index (κ3) is 2.22. The molecule has 0 aromatic carbocycles. The predicted molar refractivity (Wildman–Crippen MR) is 102 cm³/mol. The van der Waals surface area contributed by atoms with Gasteiger partial charge in [0.25, 0.3) is 0 Å². The van der Waals surface area contributed by atoms with Gasteiger partial charge in [-0.2, -0.15) is 0 Å². The van der Waals surface area contributed by atoms with Crippen molar-refractivity contribution < 1.29 is 9.59 Å². The summed E-state index contributed by atoms with van der Waals surface area (Å²) in [7, 11) is 0. The monoisotopic (exact) mass is 355 g/mol. The highest BCUT2D eigenvalue weighted by Gasteiger charge is 2.62. The van der Waals surface area contributed by atoms with Crippen molar-refractivity contribution in [3.8, 4) is 0 Å². The maximum absolute atomic E-state index is 13.4. The number of nitrogens with zero attached hydrogens (tertiary/aromatic N) is 1. The highest BCUT2D eigenvalue weighted by Crippen LogP contribution is 2.64. The first-order valence-electron chi connectivity index (χ1n) is 11.0. The van der Waals surface area contributed by atoms with E-state index in [1.807, 2.05) is 6.08 Å². The molecule has 4 fully saturated rings. The van der Waals surface area contributed by atoms with Crippen LogP contribution in [0.1, 0.15) is 71.6 Å². The van der Waals surface area contributed by atoms with Crippen LogP contribution in [0.3, 0.4) is 0 Å². The molecule has 0 radical (unpaired) electrons. The van der Waals surface area contributed by atoms with Crippen LogP contribution >= 0.6 is 0 Å². The largest absolute Gasteiger partial charge is 0.297 e. The molecular weight excluding hydrogens is 322 g/mol. The number of rotatable bonds is 1. The SMILES string of the molecule is C[C@]12CCC(=O)C=C1CC[C@@H]1[C@@H]2CC[C@]2(C)C(=O)[C@@H](N3CCCC3)C[C@@H]12. The number of carbonyl (C=O) groups excluding carboxylic acids is 2. The summed E-state index contributed by atoms with van der Waals surface area (Å²) >= 11 is 0. The van der Waals surface area contributed by atoms with Crippen LogP contribution in [0.2, 0.25) is 0 Å². The molecule has 3 heteroatoms.